The quantitative estimate of drug-likeness (QED) is 0.851. The third-order valence-electron chi connectivity index (χ3n) is 3.68. The monoisotopic (exact) mass is 287 g/mol. The Morgan fingerprint density at radius 3 is 2.57 bits per heavy atom. The van der Waals surface area contributed by atoms with E-state index in [4.69, 9.17) is 0 Å². The first kappa shape index (κ1) is 15.7. The Balaban J connectivity index is 2.16. The molecule has 0 spiro atoms. The van der Waals surface area contributed by atoms with E-state index in [1.165, 1.54) is 0 Å². The largest absolute Gasteiger partial charge is 0.388 e. The highest BCUT2D eigenvalue weighted by Gasteiger charge is 2.17. The van der Waals surface area contributed by atoms with Crippen molar-refractivity contribution in [1.82, 2.24) is 14.7 Å². The van der Waals surface area contributed by atoms with Gasteiger partial charge in [0, 0.05) is 11.3 Å². The highest BCUT2D eigenvalue weighted by atomic mass is 16.3. The van der Waals surface area contributed by atoms with Gasteiger partial charge in [-0.2, -0.15) is 5.10 Å². The zero-order valence-corrected chi connectivity index (χ0v) is 13.2. The lowest BCUT2D eigenvalue weighted by Gasteiger charge is -2.14. The van der Waals surface area contributed by atoms with Gasteiger partial charge in [0.05, 0.1) is 18.0 Å². The van der Waals surface area contributed by atoms with Gasteiger partial charge in [-0.15, -0.1) is 0 Å². The van der Waals surface area contributed by atoms with Crippen LogP contribution in [0.3, 0.4) is 0 Å². The molecule has 4 heteroatoms. The van der Waals surface area contributed by atoms with Crippen LogP contribution in [0, 0.1) is 0 Å². The molecule has 2 aromatic rings. The van der Waals surface area contributed by atoms with E-state index < -0.39 is 6.10 Å². The van der Waals surface area contributed by atoms with Crippen LogP contribution in [-0.2, 0) is 6.42 Å². The van der Waals surface area contributed by atoms with Crippen molar-refractivity contribution in [1.29, 1.82) is 0 Å². The van der Waals surface area contributed by atoms with E-state index in [2.05, 4.69) is 31.0 Å². The molecular weight excluding hydrogens is 262 g/mol. The van der Waals surface area contributed by atoms with Crippen LogP contribution in [0.2, 0.25) is 0 Å². The summed E-state index contributed by atoms with van der Waals surface area (Å²) in [4.78, 5) is 2.14. The maximum Gasteiger partial charge on any atom is 0.0824 e. The minimum atomic E-state index is -0.433. The van der Waals surface area contributed by atoms with Crippen molar-refractivity contribution in [3.05, 3.63) is 47.8 Å². The molecule has 1 atom stereocenters. The van der Waals surface area contributed by atoms with E-state index in [-0.39, 0.29) is 0 Å². The van der Waals surface area contributed by atoms with Gasteiger partial charge in [0.15, 0.2) is 0 Å². The summed E-state index contributed by atoms with van der Waals surface area (Å²) in [7, 11) is 4.11. The average Bonchev–Trinajstić information content (AvgIpc) is 2.91. The summed E-state index contributed by atoms with van der Waals surface area (Å²) >= 11 is 0. The Kier molecular flexibility index (Phi) is 5.53. The zero-order chi connectivity index (χ0) is 15.2. The topological polar surface area (TPSA) is 41.3 Å². The fourth-order valence-electron chi connectivity index (χ4n) is 2.57. The molecule has 0 amide bonds. The van der Waals surface area contributed by atoms with Crippen LogP contribution in [0.5, 0.6) is 0 Å². The molecule has 1 aromatic heterocycles. The van der Waals surface area contributed by atoms with Gasteiger partial charge in [-0.25, -0.2) is 4.68 Å². The van der Waals surface area contributed by atoms with Crippen molar-refractivity contribution in [2.45, 2.75) is 32.3 Å². The molecular formula is C17H25N3O. The van der Waals surface area contributed by atoms with E-state index in [9.17, 15) is 5.11 Å². The van der Waals surface area contributed by atoms with E-state index in [0.717, 1.165) is 42.8 Å². The van der Waals surface area contributed by atoms with Gasteiger partial charge in [-0.3, -0.25) is 0 Å². The Bertz CT molecular complexity index is 548. The second-order valence-electron chi connectivity index (χ2n) is 5.61. The predicted molar refractivity (Wildman–Crippen MR) is 85.7 cm³/mol. The number of aliphatic hydroxyl groups excluding tert-OH is 1. The molecule has 0 radical (unpaired) electrons. The number of nitrogens with zero attached hydrogens (tertiary/aromatic N) is 3. The van der Waals surface area contributed by atoms with Crippen LogP contribution in [-0.4, -0.2) is 40.4 Å². The molecule has 4 nitrogen and oxygen atoms in total. The molecule has 0 fully saturated rings. The molecule has 1 aromatic carbocycles. The Labute approximate surface area is 127 Å². The molecule has 0 bridgehead atoms. The van der Waals surface area contributed by atoms with Gasteiger partial charge >= 0.3 is 0 Å². The molecule has 1 heterocycles. The summed E-state index contributed by atoms with van der Waals surface area (Å²) in [5, 5.41) is 14.9. The second-order valence-corrected chi connectivity index (χ2v) is 5.61. The fraction of sp³-hybridized carbons (Fsp3) is 0.471. The van der Waals surface area contributed by atoms with Gasteiger partial charge < -0.3 is 10.0 Å². The summed E-state index contributed by atoms with van der Waals surface area (Å²) < 4.78 is 1.94. The van der Waals surface area contributed by atoms with Crippen molar-refractivity contribution >= 4 is 0 Å². The number of aromatic nitrogens is 2. The molecule has 0 aliphatic carbocycles. The standard InChI is InChI=1S/C17H25N3O/c1-4-16-15(17(21)11-8-12-19(2)3)13-18-20(16)14-9-6-5-7-10-14/h5-7,9-10,13,17,21H,4,8,11-12H2,1-3H3. The lowest BCUT2D eigenvalue weighted by atomic mass is 10.0. The summed E-state index contributed by atoms with van der Waals surface area (Å²) in [5.74, 6) is 0. The highest BCUT2D eigenvalue weighted by molar-refractivity contribution is 5.35. The molecule has 0 aliphatic rings. The average molecular weight is 287 g/mol. The SMILES string of the molecule is CCc1c(C(O)CCCN(C)C)cnn1-c1ccccc1. The molecule has 2 rings (SSSR count). The maximum atomic E-state index is 10.4. The minimum Gasteiger partial charge on any atom is -0.388 e. The van der Waals surface area contributed by atoms with Gasteiger partial charge in [-0.05, 0) is 52.0 Å². The Hall–Kier alpha value is -1.65. The van der Waals surface area contributed by atoms with Crippen LogP contribution in [0.1, 0.15) is 37.1 Å². The van der Waals surface area contributed by atoms with Gasteiger partial charge in [0.25, 0.3) is 0 Å². The van der Waals surface area contributed by atoms with Gasteiger partial charge in [0.2, 0.25) is 0 Å². The maximum absolute atomic E-state index is 10.4. The van der Waals surface area contributed by atoms with E-state index >= 15 is 0 Å². The van der Waals surface area contributed by atoms with E-state index in [0.29, 0.717) is 0 Å². The molecule has 1 unspecified atom stereocenters. The molecule has 0 saturated heterocycles. The van der Waals surface area contributed by atoms with Gasteiger partial charge in [-0.1, -0.05) is 25.1 Å². The summed E-state index contributed by atoms with van der Waals surface area (Å²) in [6, 6.07) is 10.1. The van der Waals surface area contributed by atoms with Crippen LogP contribution in [0.25, 0.3) is 5.69 Å². The molecule has 114 valence electrons. The smallest absolute Gasteiger partial charge is 0.0824 e. The second kappa shape index (κ2) is 7.38. The predicted octanol–water partition coefficient (Wildman–Crippen LogP) is 2.81. The van der Waals surface area contributed by atoms with Crippen molar-refractivity contribution < 1.29 is 5.11 Å². The third-order valence-corrected chi connectivity index (χ3v) is 3.68. The van der Waals surface area contributed by atoms with Crippen LogP contribution >= 0.6 is 0 Å². The number of aliphatic hydroxyl groups is 1. The van der Waals surface area contributed by atoms with Crippen LogP contribution < -0.4 is 0 Å². The number of benzene rings is 1. The number of hydrogen-bond donors (Lipinski definition) is 1. The number of rotatable bonds is 7. The Morgan fingerprint density at radius 1 is 1.24 bits per heavy atom. The number of para-hydroxylation sites is 1. The first-order chi connectivity index (χ1) is 10.1. The lowest BCUT2D eigenvalue weighted by Crippen LogP contribution is -2.14. The number of hydrogen-bond acceptors (Lipinski definition) is 3. The third kappa shape index (κ3) is 3.93. The minimum absolute atomic E-state index is 0.433. The van der Waals surface area contributed by atoms with Gasteiger partial charge in [0.1, 0.15) is 0 Å². The lowest BCUT2D eigenvalue weighted by molar-refractivity contribution is 0.159. The molecule has 0 aliphatic heterocycles. The molecule has 0 saturated carbocycles. The summed E-state index contributed by atoms with van der Waals surface area (Å²) in [5.41, 5.74) is 3.10. The molecule has 21 heavy (non-hydrogen) atoms. The van der Waals surface area contributed by atoms with Crippen LogP contribution in [0.4, 0.5) is 0 Å². The van der Waals surface area contributed by atoms with Crippen molar-refractivity contribution in [2.75, 3.05) is 20.6 Å². The van der Waals surface area contributed by atoms with E-state index in [1.807, 2.05) is 41.2 Å². The fourth-order valence-corrected chi connectivity index (χ4v) is 2.57. The van der Waals surface area contributed by atoms with Crippen molar-refractivity contribution in [2.24, 2.45) is 0 Å². The summed E-state index contributed by atoms with van der Waals surface area (Å²) in [6.45, 7) is 3.10. The van der Waals surface area contributed by atoms with E-state index in [1.54, 1.807) is 0 Å². The summed E-state index contributed by atoms with van der Waals surface area (Å²) in [6.07, 6.45) is 3.98. The zero-order valence-electron chi connectivity index (χ0n) is 13.2. The normalized spacial score (nSPS) is 12.8. The van der Waals surface area contributed by atoms with Crippen LogP contribution in [0.15, 0.2) is 36.5 Å². The first-order valence-electron chi connectivity index (χ1n) is 7.58. The Morgan fingerprint density at radius 2 is 1.95 bits per heavy atom. The first-order valence-corrected chi connectivity index (χ1v) is 7.58. The van der Waals surface area contributed by atoms with Crippen molar-refractivity contribution in [3.63, 3.8) is 0 Å². The highest BCUT2D eigenvalue weighted by Crippen LogP contribution is 2.24. The van der Waals surface area contributed by atoms with Crippen molar-refractivity contribution in [3.8, 4) is 5.69 Å². The molecule has 1 N–H and O–H groups in total.